The first-order chi connectivity index (χ1) is 7.58. The topological polar surface area (TPSA) is 28.7 Å². The SMILES string of the molecule is Cc1nc(-c2ccc(Br)cc2)c(=S)[nH]c1C. The van der Waals surface area contributed by atoms with Crippen LogP contribution in [-0.4, -0.2) is 9.97 Å². The second kappa shape index (κ2) is 4.47. The van der Waals surface area contributed by atoms with Gasteiger partial charge in [-0.1, -0.05) is 40.3 Å². The molecule has 1 heterocycles. The van der Waals surface area contributed by atoms with Gasteiger partial charge in [0.05, 0.1) is 5.69 Å². The van der Waals surface area contributed by atoms with Crippen LogP contribution >= 0.6 is 28.1 Å². The average Bonchev–Trinajstić information content (AvgIpc) is 2.25. The highest BCUT2D eigenvalue weighted by Crippen LogP contribution is 2.21. The van der Waals surface area contributed by atoms with E-state index in [0.717, 1.165) is 27.1 Å². The third-order valence-corrected chi connectivity index (χ3v) is 3.28. The molecule has 0 aliphatic heterocycles. The summed E-state index contributed by atoms with van der Waals surface area (Å²) in [5.74, 6) is 0. The van der Waals surface area contributed by atoms with Crippen LogP contribution in [-0.2, 0) is 0 Å². The van der Waals surface area contributed by atoms with Gasteiger partial charge in [0.2, 0.25) is 0 Å². The zero-order valence-electron chi connectivity index (χ0n) is 9.04. The molecule has 0 saturated heterocycles. The van der Waals surface area contributed by atoms with Crippen molar-refractivity contribution in [3.63, 3.8) is 0 Å². The van der Waals surface area contributed by atoms with Gasteiger partial charge < -0.3 is 4.98 Å². The van der Waals surface area contributed by atoms with Crippen molar-refractivity contribution in [3.05, 3.63) is 44.8 Å². The molecule has 0 aliphatic carbocycles. The monoisotopic (exact) mass is 294 g/mol. The zero-order chi connectivity index (χ0) is 11.7. The molecule has 1 aromatic carbocycles. The zero-order valence-corrected chi connectivity index (χ0v) is 11.4. The van der Waals surface area contributed by atoms with Crippen molar-refractivity contribution in [1.29, 1.82) is 0 Å². The molecule has 0 fully saturated rings. The van der Waals surface area contributed by atoms with Crippen molar-refractivity contribution in [2.75, 3.05) is 0 Å². The van der Waals surface area contributed by atoms with Crippen LogP contribution in [0.1, 0.15) is 11.4 Å². The number of nitrogens with one attached hydrogen (secondary N) is 1. The van der Waals surface area contributed by atoms with E-state index in [1.54, 1.807) is 0 Å². The molecule has 2 rings (SSSR count). The van der Waals surface area contributed by atoms with Crippen molar-refractivity contribution in [1.82, 2.24) is 9.97 Å². The maximum atomic E-state index is 5.28. The summed E-state index contributed by atoms with van der Waals surface area (Å²) in [5, 5.41) is 0. The number of hydrogen-bond donors (Lipinski definition) is 1. The molecule has 2 aromatic rings. The van der Waals surface area contributed by atoms with Gasteiger partial charge in [-0.05, 0) is 26.0 Å². The van der Waals surface area contributed by atoms with Crippen LogP contribution in [0, 0.1) is 18.5 Å². The number of halogens is 1. The summed E-state index contributed by atoms with van der Waals surface area (Å²) in [5.41, 5.74) is 3.87. The fraction of sp³-hybridized carbons (Fsp3) is 0.167. The summed E-state index contributed by atoms with van der Waals surface area (Å²) in [7, 11) is 0. The van der Waals surface area contributed by atoms with Gasteiger partial charge in [0.1, 0.15) is 10.3 Å². The summed E-state index contributed by atoms with van der Waals surface area (Å²) in [6.07, 6.45) is 0. The predicted octanol–water partition coefficient (Wildman–Crippen LogP) is 4.19. The van der Waals surface area contributed by atoms with Gasteiger partial charge in [0.25, 0.3) is 0 Å². The Labute approximate surface area is 108 Å². The Morgan fingerprint density at radius 3 is 2.44 bits per heavy atom. The Morgan fingerprint density at radius 2 is 1.81 bits per heavy atom. The highest BCUT2D eigenvalue weighted by molar-refractivity contribution is 9.10. The standard InChI is InChI=1S/C12H11BrN2S/c1-7-8(2)15-12(16)11(14-7)9-3-5-10(13)6-4-9/h3-6H,1-2H3,(H,15,16). The third kappa shape index (κ3) is 2.23. The smallest absolute Gasteiger partial charge is 0.130 e. The van der Waals surface area contributed by atoms with E-state index < -0.39 is 0 Å². The van der Waals surface area contributed by atoms with Crippen molar-refractivity contribution in [2.45, 2.75) is 13.8 Å². The number of nitrogens with zero attached hydrogens (tertiary/aromatic N) is 1. The van der Waals surface area contributed by atoms with E-state index >= 15 is 0 Å². The van der Waals surface area contributed by atoms with Crippen LogP contribution < -0.4 is 0 Å². The second-order valence-corrected chi connectivity index (χ2v) is 4.96. The number of aromatic amines is 1. The van der Waals surface area contributed by atoms with Crippen LogP contribution in [0.3, 0.4) is 0 Å². The molecular formula is C12H11BrN2S. The number of rotatable bonds is 1. The van der Waals surface area contributed by atoms with Gasteiger partial charge in [-0.25, -0.2) is 4.98 Å². The fourth-order valence-electron chi connectivity index (χ4n) is 1.43. The van der Waals surface area contributed by atoms with Crippen LogP contribution in [0.15, 0.2) is 28.7 Å². The summed E-state index contributed by atoms with van der Waals surface area (Å²) in [6, 6.07) is 7.98. The maximum Gasteiger partial charge on any atom is 0.130 e. The molecule has 82 valence electrons. The first kappa shape index (κ1) is 11.5. The number of hydrogen-bond acceptors (Lipinski definition) is 2. The minimum absolute atomic E-state index is 0.686. The number of aromatic nitrogens is 2. The van der Waals surface area contributed by atoms with E-state index in [9.17, 15) is 0 Å². The molecule has 2 nitrogen and oxygen atoms in total. The van der Waals surface area contributed by atoms with Gasteiger partial charge in [-0.3, -0.25) is 0 Å². The van der Waals surface area contributed by atoms with E-state index in [-0.39, 0.29) is 0 Å². The molecular weight excluding hydrogens is 284 g/mol. The van der Waals surface area contributed by atoms with Crippen LogP contribution in [0.25, 0.3) is 11.3 Å². The van der Waals surface area contributed by atoms with Gasteiger partial charge in [0.15, 0.2) is 0 Å². The van der Waals surface area contributed by atoms with E-state index in [1.165, 1.54) is 0 Å². The molecule has 0 unspecified atom stereocenters. The summed E-state index contributed by atoms with van der Waals surface area (Å²) in [4.78, 5) is 7.68. The Morgan fingerprint density at radius 1 is 1.19 bits per heavy atom. The van der Waals surface area contributed by atoms with Crippen molar-refractivity contribution < 1.29 is 0 Å². The molecule has 0 aliphatic rings. The Kier molecular flexibility index (Phi) is 3.21. The first-order valence-corrected chi connectivity index (χ1v) is 6.11. The normalized spacial score (nSPS) is 10.4. The average molecular weight is 295 g/mol. The number of H-pyrrole nitrogens is 1. The second-order valence-electron chi connectivity index (χ2n) is 3.63. The molecule has 1 aromatic heterocycles. The van der Waals surface area contributed by atoms with Gasteiger partial charge >= 0.3 is 0 Å². The summed E-state index contributed by atoms with van der Waals surface area (Å²) >= 11 is 8.69. The Balaban J connectivity index is 2.60. The molecule has 0 saturated carbocycles. The van der Waals surface area contributed by atoms with Gasteiger partial charge in [0, 0.05) is 15.7 Å². The fourth-order valence-corrected chi connectivity index (χ4v) is 2.01. The Hall–Kier alpha value is -1.00. The lowest BCUT2D eigenvalue weighted by Gasteiger charge is -2.05. The lowest BCUT2D eigenvalue weighted by Crippen LogP contribution is -1.95. The largest absolute Gasteiger partial charge is 0.347 e. The lowest BCUT2D eigenvalue weighted by molar-refractivity contribution is 1.04. The van der Waals surface area contributed by atoms with E-state index in [4.69, 9.17) is 12.2 Å². The predicted molar refractivity (Wildman–Crippen MR) is 72.0 cm³/mol. The molecule has 16 heavy (non-hydrogen) atoms. The molecule has 0 radical (unpaired) electrons. The Bertz CT molecular complexity index is 573. The molecule has 0 amide bonds. The number of benzene rings is 1. The first-order valence-electron chi connectivity index (χ1n) is 4.91. The lowest BCUT2D eigenvalue weighted by atomic mass is 10.1. The quantitative estimate of drug-likeness (QED) is 0.799. The van der Waals surface area contributed by atoms with Crippen LogP contribution in [0.2, 0.25) is 0 Å². The summed E-state index contributed by atoms with van der Waals surface area (Å²) < 4.78 is 1.74. The minimum atomic E-state index is 0.686. The number of aryl methyl sites for hydroxylation is 2. The maximum absolute atomic E-state index is 5.28. The van der Waals surface area contributed by atoms with E-state index in [0.29, 0.717) is 4.64 Å². The van der Waals surface area contributed by atoms with Crippen LogP contribution in [0.4, 0.5) is 0 Å². The molecule has 0 atom stereocenters. The third-order valence-electron chi connectivity index (χ3n) is 2.46. The minimum Gasteiger partial charge on any atom is -0.347 e. The van der Waals surface area contributed by atoms with E-state index in [2.05, 4.69) is 25.9 Å². The van der Waals surface area contributed by atoms with Crippen LogP contribution in [0.5, 0.6) is 0 Å². The van der Waals surface area contributed by atoms with Gasteiger partial charge in [-0.2, -0.15) is 0 Å². The van der Waals surface area contributed by atoms with Crippen molar-refractivity contribution >= 4 is 28.1 Å². The van der Waals surface area contributed by atoms with Crippen molar-refractivity contribution in [3.8, 4) is 11.3 Å². The van der Waals surface area contributed by atoms with Crippen molar-refractivity contribution in [2.24, 2.45) is 0 Å². The highest BCUT2D eigenvalue weighted by Gasteiger charge is 2.04. The van der Waals surface area contributed by atoms with Gasteiger partial charge in [-0.15, -0.1) is 0 Å². The molecule has 1 N–H and O–H groups in total. The molecule has 0 spiro atoms. The van der Waals surface area contributed by atoms with E-state index in [1.807, 2.05) is 38.1 Å². The highest BCUT2D eigenvalue weighted by atomic mass is 79.9. The summed E-state index contributed by atoms with van der Waals surface area (Å²) in [6.45, 7) is 3.95. The molecule has 4 heteroatoms. The molecule has 0 bridgehead atoms.